The number of fused-ring (bicyclic) bond motifs is 5. The van der Waals surface area contributed by atoms with Gasteiger partial charge in [-0.3, -0.25) is 0 Å². The number of aliphatic hydroxyl groups excluding tert-OH is 1. The third-order valence-electron chi connectivity index (χ3n) is 7.93. The van der Waals surface area contributed by atoms with Crippen molar-refractivity contribution < 1.29 is 17.7 Å². The van der Waals surface area contributed by atoms with Crippen LogP contribution in [0.15, 0.2) is 54.1 Å². The summed E-state index contributed by atoms with van der Waals surface area (Å²) in [7, 11) is -4.02. The second kappa shape index (κ2) is 7.47. The first-order valence-electron chi connectivity index (χ1n) is 11.0. The number of nitrogens with two attached hydrogens (primary N) is 1. The van der Waals surface area contributed by atoms with E-state index in [0.29, 0.717) is 17.8 Å². The van der Waals surface area contributed by atoms with E-state index in [4.69, 9.17) is 9.32 Å². The van der Waals surface area contributed by atoms with Crippen molar-refractivity contribution in [3.63, 3.8) is 0 Å². The van der Waals surface area contributed by atoms with Gasteiger partial charge in [-0.25, -0.2) is 0 Å². The van der Waals surface area contributed by atoms with E-state index in [1.54, 1.807) is 6.07 Å². The van der Waals surface area contributed by atoms with E-state index in [1.807, 2.05) is 30.3 Å². The summed E-state index contributed by atoms with van der Waals surface area (Å²) in [6.07, 6.45) is 6.68. The summed E-state index contributed by atoms with van der Waals surface area (Å²) in [5.74, 6) is 1.69. The van der Waals surface area contributed by atoms with Gasteiger partial charge in [0.25, 0.3) is 0 Å². The molecular formula is C25H29NO4S. The molecule has 3 N–H and O–H groups in total. The zero-order valence-electron chi connectivity index (χ0n) is 17.7. The highest BCUT2D eigenvalue weighted by Gasteiger charge is 2.56. The van der Waals surface area contributed by atoms with Crippen molar-refractivity contribution in [1.29, 1.82) is 0 Å². The van der Waals surface area contributed by atoms with Gasteiger partial charge in [-0.2, -0.15) is 13.6 Å². The van der Waals surface area contributed by atoms with Crippen LogP contribution in [0.1, 0.15) is 55.2 Å². The maximum atomic E-state index is 11.3. The molecule has 0 bridgehead atoms. The Hall–Kier alpha value is -2.15. The Morgan fingerprint density at radius 2 is 1.94 bits per heavy atom. The summed E-state index contributed by atoms with van der Waals surface area (Å²) in [5.41, 5.74) is 4.67. The summed E-state index contributed by atoms with van der Waals surface area (Å²) < 4.78 is 27.4. The molecule has 164 valence electrons. The first kappa shape index (κ1) is 20.7. The second-order valence-electron chi connectivity index (χ2n) is 9.63. The average molecular weight is 440 g/mol. The van der Waals surface area contributed by atoms with Gasteiger partial charge in [-0.05, 0) is 84.3 Å². The van der Waals surface area contributed by atoms with E-state index in [9.17, 15) is 13.5 Å². The van der Waals surface area contributed by atoms with Crippen LogP contribution >= 0.6 is 0 Å². The van der Waals surface area contributed by atoms with E-state index in [0.717, 1.165) is 48.8 Å². The smallest absolute Gasteiger partial charge is 0.380 e. The molecule has 0 spiro atoms. The molecule has 2 saturated carbocycles. The molecule has 5 rings (SSSR count). The Kier molecular flexibility index (Phi) is 5.00. The van der Waals surface area contributed by atoms with Gasteiger partial charge in [0.15, 0.2) is 0 Å². The highest BCUT2D eigenvalue weighted by Crippen LogP contribution is 2.62. The fraction of sp³-hybridized carbons (Fsp3) is 0.440. The van der Waals surface area contributed by atoms with Crippen LogP contribution in [0, 0.1) is 17.3 Å². The van der Waals surface area contributed by atoms with E-state index in [2.05, 4.69) is 25.1 Å². The molecule has 0 aromatic heterocycles. The molecule has 5 unspecified atom stereocenters. The second-order valence-corrected chi connectivity index (χ2v) is 10.8. The van der Waals surface area contributed by atoms with E-state index < -0.39 is 16.4 Å². The molecule has 2 fully saturated rings. The lowest BCUT2D eigenvalue weighted by Gasteiger charge is -2.49. The van der Waals surface area contributed by atoms with Crippen LogP contribution in [0.25, 0.3) is 6.08 Å². The van der Waals surface area contributed by atoms with Gasteiger partial charge in [-0.15, -0.1) is 0 Å². The normalized spacial score (nSPS) is 33.5. The fourth-order valence-corrected chi connectivity index (χ4v) is 6.88. The quantitative estimate of drug-likeness (QED) is 0.751. The Morgan fingerprint density at radius 3 is 2.68 bits per heavy atom. The zero-order chi connectivity index (χ0) is 21.8. The monoisotopic (exact) mass is 439 g/mol. The Bertz CT molecular complexity index is 1130. The third-order valence-corrected chi connectivity index (χ3v) is 8.36. The summed E-state index contributed by atoms with van der Waals surface area (Å²) in [4.78, 5) is 0. The van der Waals surface area contributed by atoms with Crippen LogP contribution in [0.4, 0.5) is 0 Å². The van der Waals surface area contributed by atoms with Crippen molar-refractivity contribution in [3.05, 3.63) is 70.8 Å². The largest absolute Gasteiger partial charge is 0.388 e. The van der Waals surface area contributed by atoms with Gasteiger partial charge in [0, 0.05) is 5.41 Å². The van der Waals surface area contributed by atoms with Crippen LogP contribution in [0.2, 0.25) is 0 Å². The molecule has 0 aliphatic heterocycles. The number of aliphatic hydroxyl groups is 1. The lowest BCUT2D eigenvalue weighted by atomic mass is 9.55. The molecule has 0 heterocycles. The molecule has 5 atom stereocenters. The minimum Gasteiger partial charge on any atom is -0.388 e. The maximum absolute atomic E-state index is 11.3. The van der Waals surface area contributed by atoms with Gasteiger partial charge < -0.3 is 9.29 Å². The van der Waals surface area contributed by atoms with Gasteiger partial charge in [0.1, 0.15) is 5.75 Å². The van der Waals surface area contributed by atoms with E-state index in [1.165, 1.54) is 5.56 Å². The van der Waals surface area contributed by atoms with Crippen molar-refractivity contribution in [2.45, 2.75) is 51.0 Å². The fourth-order valence-electron chi connectivity index (χ4n) is 6.51. The predicted molar refractivity (Wildman–Crippen MR) is 121 cm³/mol. The van der Waals surface area contributed by atoms with Gasteiger partial charge in [0.2, 0.25) is 0 Å². The highest BCUT2D eigenvalue weighted by atomic mass is 32.2. The predicted octanol–water partition coefficient (Wildman–Crippen LogP) is 4.18. The first-order chi connectivity index (χ1) is 14.7. The Balaban J connectivity index is 1.43. The van der Waals surface area contributed by atoms with Crippen LogP contribution in [-0.2, 0) is 16.7 Å². The minimum absolute atomic E-state index is 0.0873. The Labute approximate surface area is 184 Å². The van der Waals surface area contributed by atoms with Gasteiger partial charge >= 0.3 is 10.3 Å². The van der Waals surface area contributed by atoms with Crippen LogP contribution in [0.3, 0.4) is 0 Å². The highest BCUT2D eigenvalue weighted by molar-refractivity contribution is 7.84. The minimum atomic E-state index is -4.02. The molecule has 3 aliphatic rings. The molecule has 3 aliphatic carbocycles. The topological polar surface area (TPSA) is 89.6 Å². The standard InChI is InChI=1S/C25H29NO4S/c1-25-12-11-21-20-10-8-19(30-31(26,28)29)14-17(20)7-9-22(21)23(25)15-18(24(25)27)13-16-5-3-2-4-6-16/h2-6,8,10,13-14,21-24,27H,7,9,11-12,15H2,1H3,(H2,26,28,29)/b18-13+. The summed E-state index contributed by atoms with van der Waals surface area (Å²) >= 11 is 0. The molecule has 2 aromatic carbocycles. The molecule has 5 nitrogen and oxygen atoms in total. The van der Waals surface area contributed by atoms with Crippen LogP contribution in [0.5, 0.6) is 5.75 Å². The van der Waals surface area contributed by atoms with Crippen molar-refractivity contribution in [1.82, 2.24) is 0 Å². The first-order valence-corrected chi connectivity index (χ1v) is 12.5. The molecule has 6 heteroatoms. The van der Waals surface area contributed by atoms with E-state index in [-0.39, 0.29) is 11.2 Å². The molecule has 0 radical (unpaired) electrons. The summed E-state index contributed by atoms with van der Waals surface area (Å²) in [6.45, 7) is 2.27. The average Bonchev–Trinajstić information content (AvgIpc) is 2.98. The number of rotatable bonds is 3. The maximum Gasteiger partial charge on any atom is 0.380 e. The van der Waals surface area contributed by atoms with Crippen molar-refractivity contribution in [3.8, 4) is 5.75 Å². The molecule has 2 aromatic rings. The lowest BCUT2D eigenvalue weighted by Crippen LogP contribution is -2.44. The van der Waals surface area contributed by atoms with E-state index >= 15 is 0 Å². The molecule has 31 heavy (non-hydrogen) atoms. The van der Waals surface area contributed by atoms with Gasteiger partial charge in [-0.1, -0.05) is 49.4 Å². The van der Waals surface area contributed by atoms with Crippen LogP contribution < -0.4 is 9.32 Å². The van der Waals surface area contributed by atoms with Crippen molar-refractivity contribution in [2.24, 2.45) is 22.4 Å². The van der Waals surface area contributed by atoms with Crippen molar-refractivity contribution >= 4 is 16.4 Å². The number of hydrogen-bond acceptors (Lipinski definition) is 4. The van der Waals surface area contributed by atoms with Crippen LogP contribution in [-0.4, -0.2) is 19.6 Å². The van der Waals surface area contributed by atoms with Crippen molar-refractivity contribution in [2.75, 3.05) is 0 Å². The molecular weight excluding hydrogens is 410 g/mol. The molecule has 0 saturated heterocycles. The summed E-state index contributed by atoms with van der Waals surface area (Å²) in [6, 6.07) is 15.8. The molecule has 0 amide bonds. The van der Waals surface area contributed by atoms with Gasteiger partial charge in [0.05, 0.1) is 6.10 Å². The SMILES string of the molecule is CC12CCC3c4ccc(OS(N)(=O)=O)cc4CCC3C1C/C(=C\c1ccccc1)C2O. The Morgan fingerprint density at radius 1 is 1.16 bits per heavy atom. The number of aryl methyl sites for hydroxylation is 1. The zero-order valence-corrected chi connectivity index (χ0v) is 18.5. The number of benzene rings is 2. The lowest BCUT2D eigenvalue weighted by molar-refractivity contribution is -0.0158. The third kappa shape index (κ3) is 3.71. The summed E-state index contributed by atoms with van der Waals surface area (Å²) in [5, 5.41) is 16.3. The number of hydrogen-bond donors (Lipinski definition) is 2.